The molecule has 0 saturated heterocycles. The van der Waals surface area contributed by atoms with Crippen LogP contribution >= 0.6 is 15.9 Å². The maximum atomic E-state index is 4.77. The third kappa shape index (κ3) is 3.37. The van der Waals surface area contributed by atoms with Gasteiger partial charge in [0, 0.05) is 30.4 Å². The van der Waals surface area contributed by atoms with E-state index in [-0.39, 0.29) is 0 Å². The lowest BCUT2D eigenvalue weighted by molar-refractivity contribution is 0.280. The van der Waals surface area contributed by atoms with Crippen LogP contribution in [-0.2, 0) is 13.1 Å². The van der Waals surface area contributed by atoms with Gasteiger partial charge >= 0.3 is 0 Å². The second-order valence-electron chi connectivity index (χ2n) is 4.74. The highest BCUT2D eigenvalue weighted by Crippen LogP contribution is 2.20. The van der Waals surface area contributed by atoms with Crippen LogP contribution in [0.4, 0.5) is 0 Å². The van der Waals surface area contributed by atoms with E-state index in [1.807, 2.05) is 0 Å². The fourth-order valence-corrected chi connectivity index (χ4v) is 2.97. The lowest BCUT2D eigenvalue weighted by Gasteiger charge is -2.19. The first-order valence-electron chi connectivity index (χ1n) is 7.02. The number of hydrogen-bond donors (Lipinski definition) is 0. The summed E-state index contributed by atoms with van der Waals surface area (Å²) in [4.78, 5) is 2.46. The molecule has 0 aliphatic carbocycles. The summed E-state index contributed by atoms with van der Waals surface area (Å²) in [6.07, 6.45) is 1.18. The Bertz CT molecular complexity index is 515. The fourth-order valence-electron chi connectivity index (χ4n) is 2.47. The highest BCUT2D eigenvalue weighted by Gasteiger charge is 2.12. The van der Waals surface area contributed by atoms with Gasteiger partial charge in [-0.05, 0) is 26.0 Å². The number of nitrogens with zero attached hydrogens (tertiary/aromatic N) is 3. The topological polar surface area (TPSA) is 21.1 Å². The van der Waals surface area contributed by atoms with Crippen molar-refractivity contribution in [3.8, 4) is 0 Å². The first-order valence-corrected chi connectivity index (χ1v) is 8.15. The molecule has 1 aromatic heterocycles. The van der Waals surface area contributed by atoms with Crippen LogP contribution in [0.3, 0.4) is 0 Å². The van der Waals surface area contributed by atoms with Crippen molar-refractivity contribution in [2.75, 3.05) is 18.4 Å². The summed E-state index contributed by atoms with van der Waals surface area (Å²) >= 11 is 3.53. The first-order chi connectivity index (χ1) is 9.30. The van der Waals surface area contributed by atoms with Crippen molar-refractivity contribution in [3.63, 3.8) is 0 Å². The van der Waals surface area contributed by atoms with E-state index in [1.54, 1.807) is 0 Å². The number of halogens is 1. The normalized spacial score (nSPS) is 11.6. The van der Waals surface area contributed by atoms with E-state index in [0.717, 1.165) is 31.5 Å². The number of aryl methyl sites for hydroxylation is 1. The number of benzene rings is 1. The highest BCUT2D eigenvalue weighted by molar-refractivity contribution is 9.09. The molecule has 0 spiro atoms. The largest absolute Gasteiger partial charge is 0.297 e. The number of rotatable bonds is 7. The molecule has 0 fully saturated rings. The van der Waals surface area contributed by atoms with Crippen LogP contribution in [0.1, 0.15) is 26.0 Å². The average Bonchev–Trinajstić information content (AvgIpc) is 2.78. The van der Waals surface area contributed by atoms with Gasteiger partial charge in [-0.15, -0.1) is 0 Å². The Balaban J connectivity index is 2.28. The zero-order valence-electron chi connectivity index (χ0n) is 11.8. The lowest BCUT2D eigenvalue weighted by Crippen LogP contribution is -2.26. The Hall–Kier alpha value is -0.870. The van der Waals surface area contributed by atoms with Gasteiger partial charge in [0.1, 0.15) is 0 Å². The van der Waals surface area contributed by atoms with Gasteiger partial charge in [-0.25, -0.2) is 0 Å². The van der Waals surface area contributed by atoms with E-state index in [4.69, 9.17) is 5.10 Å². The van der Waals surface area contributed by atoms with Crippen LogP contribution in [0.15, 0.2) is 24.3 Å². The summed E-state index contributed by atoms with van der Waals surface area (Å²) in [5, 5.41) is 7.08. The van der Waals surface area contributed by atoms with Crippen molar-refractivity contribution in [1.29, 1.82) is 0 Å². The molecule has 3 nitrogen and oxygen atoms in total. The zero-order valence-corrected chi connectivity index (χ0v) is 13.4. The fraction of sp³-hybridized carbons (Fsp3) is 0.533. The maximum absolute atomic E-state index is 4.77. The number of para-hydroxylation sites is 1. The van der Waals surface area contributed by atoms with Crippen molar-refractivity contribution in [3.05, 3.63) is 30.0 Å². The molecule has 0 amide bonds. The molecule has 0 bridgehead atoms. The second kappa shape index (κ2) is 7.06. The van der Waals surface area contributed by atoms with Crippen molar-refractivity contribution >= 4 is 26.8 Å². The molecule has 0 saturated carbocycles. The van der Waals surface area contributed by atoms with Crippen LogP contribution in [-0.4, -0.2) is 33.1 Å². The summed E-state index contributed by atoms with van der Waals surface area (Å²) in [5.74, 6) is 0. The average molecular weight is 324 g/mol. The summed E-state index contributed by atoms with van der Waals surface area (Å²) < 4.78 is 2.10. The van der Waals surface area contributed by atoms with E-state index in [1.165, 1.54) is 23.0 Å². The molecule has 0 aliphatic rings. The second-order valence-corrected chi connectivity index (χ2v) is 5.54. The summed E-state index contributed by atoms with van der Waals surface area (Å²) in [5.41, 5.74) is 2.45. The smallest absolute Gasteiger partial charge is 0.0843 e. The Morgan fingerprint density at radius 2 is 2.00 bits per heavy atom. The van der Waals surface area contributed by atoms with Gasteiger partial charge in [0.05, 0.1) is 11.2 Å². The van der Waals surface area contributed by atoms with Gasteiger partial charge in [0.15, 0.2) is 0 Å². The van der Waals surface area contributed by atoms with Crippen LogP contribution in [0.5, 0.6) is 0 Å². The Morgan fingerprint density at radius 3 is 2.68 bits per heavy atom. The van der Waals surface area contributed by atoms with Gasteiger partial charge in [0.25, 0.3) is 0 Å². The monoisotopic (exact) mass is 323 g/mol. The van der Waals surface area contributed by atoms with Gasteiger partial charge < -0.3 is 0 Å². The standard InChI is InChI=1S/C15H22BrN3/c1-3-10-18(11-9-16)12-14-13-7-5-6-8-15(13)19(4-2)17-14/h5-8H,3-4,9-12H2,1-2H3. The minimum absolute atomic E-state index is 0.923. The van der Waals surface area contributed by atoms with Gasteiger partial charge in [-0.2, -0.15) is 5.10 Å². The molecule has 0 N–H and O–H groups in total. The molecule has 4 heteroatoms. The Morgan fingerprint density at radius 1 is 1.21 bits per heavy atom. The summed E-state index contributed by atoms with van der Waals surface area (Å²) in [7, 11) is 0. The Labute approximate surface area is 123 Å². The van der Waals surface area contributed by atoms with E-state index in [2.05, 4.69) is 63.6 Å². The van der Waals surface area contributed by atoms with Crippen LogP contribution < -0.4 is 0 Å². The third-order valence-electron chi connectivity index (χ3n) is 3.35. The number of hydrogen-bond acceptors (Lipinski definition) is 2. The molecule has 1 heterocycles. The minimum Gasteiger partial charge on any atom is -0.297 e. The van der Waals surface area contributed by atoms with E-state index in [0.29, 0.717) is 0 Å². The quantitative estimate of drug-likeness (QED) is 0.725. The predicted molar refractivity (Wildman–Crippen MR) is 84.8 cm³/mol. The number of fused-ring (bicyclic) bond motifs is 1. The minimum atomic E-state index is 0.923. The molecule has 0 unspecified atom stereocenters. The third-order valence-corrected chi connectivity index (χ3v) is 3.70. The molecule has 0 aliphatic heterocycles. The molecule has 19 heavy (non-hydrogen) atoms. The molecule has 1 aromatic carbocycles. The van der Waals surface area contributed by atoms with Crippen molar-refractivity contribution in [2.45, 2.75) is 33.4 Å². The number of aromatic nitrogens is 2. The lowest BCUT2D eigenvalue weighted by atomic mass is 10.2. The zero-order chi connectivity index (χ0) is 13.7. The molecule has 2 rings (SSSR count). The molecule has 0 atom stereocenters. The van der Waals surface area contributed by atoms with Gasteiger partial charge in [-0.3, -0.25) is 9.58 Å². The van der Waals surface area contributed by atoms with Crippen molar-refractivity contribution < 1.29 is 0 Å². The molecule has 104 valence electrons. The van der Waals surface area contributed by atoms with E-state index < -0.39 is 0 Å². The predicted octanol–water partition coefficient (Wildman–Crippen LogP) is 3.66. The first kappa shape index (κ1) is 14.5. The maximum Gasteiger partial charge on any atom is 0.0843 e. The highest BCUT2D eigenvalue weighted by atomic mass is 79.9. The SMILES string of the molecule is CCCN(CCBr)Cc1nn(CC)c2ccccc12. The summed E-state index contributed by atoms with van der Waals surface area (Å²) in [6, 6.07) is 8.52. The summed E-state index contributed by atoms with van der Waals surface area (Å²) in [6.45, 7) is 8.43. The van der Waals surface area contributed by atoms with E-state index >= 15 is 0 Å². The van der Waals surface area contributed by atoms with Crippen LogP contribution in [0.2, 0.25) is 0 Å². The van der Waals surface area contributed by atoms with Crippen molar-refractivity contribution in [2.24, 2.45) is 0 Å². The van der Waals surface area contributed by atoms with Gasteiger partial charge in [0.2, 0.25) is 0 Å². The van der Waals surface area contributed by atoms with Gasteiger partial charge in [-0.1, -0.05) is 41.1 Å². The molecule has 2 aromatic rings. The van der Waals surface area contributed by atoms with E-state index in [9.17, 15) is 0 Å². The number of alkyl halides is 1. The molecular weight excluding hydrogens is 302 g/mol. The Kier molecular flexibility index (Phi) is 5.40. The molecular formula is C15H22BrN3. The molecule has 0 radical (unpaired) electrons. The van der Waals surface area contributed by atoms with Crippen molar-refractivity contribution in [1.82, 2.24) is 14.7 Å². The van der Waals surface area contributed by atoms with Crippen LogP contribution in [0, 0.1) is 0 Å². The van der Waals surface area contributed by atoms with Crippen LogP contribution in [0.25, 0.3) is 10.9 Å².